The van der Waals surface area contributed by atoms with Crippen LogP contribution in [0.2, 0.25) is 0 Å². The molecule has 0 aromatic heterocycles. The highest BCUT2D eigenvalue weighted by molar-refractivity contribution is 5.81. The van der Waals surface area contributed by atoms with Crippen LogP contribution in [0.15, 0.2) is 0 Å². The van der Waals surface area contributed by atoms with E-state index in [1.165, 1.54) is 0 Å². The Labute approximate surface area is 93.4 Å². The highest BCUT2D eigenvalue weighted by Gasteiger charge is 2.16. The van der Waals surface area contributed by atoms with Crippen molar-refractivity contribution in [1.82, 2.24) is 15.5 Å². The molecule has 0 saturated carbocycles. The van der Waals surface area contributed by atoms with Crippen LogP contribution >= 0.6 is 0 Å². The topological polar surface area (TPSA) is 44.4 Å². The molecular formula is C11H25N3O. The molecule has 4 heteroatoms. The Hall–Kier alpha value is -0.610. The maximum atomic E-state index is 11.7. The van der Waals surface area contributed by atoms with E-state index in [1.54, 1.807) is 0 Å². The van der Waals surface area contributed by atoms with Crippen LogP contribution in [0.3, 0.4) is 0 Å². The van der Waals surface area contributed by atoms with Gasteiger partial charge < -0.3 is 10.6 Å². The second-order valence-electron chi connectivity index (χ2n) is 4.40. The lowest BCUT2D eigenvalue weighted by Gasteiger charge is -2.24. The summed E-state index contributed by atoms with van der Waals surface area (Å²) in [5.74, 6) is 0.617. The van der Waals surface area contributed by atoms with Crippen molar-refractivity contribution in [2.45, 2.75) is 26.8 Å². The first-order valence-corrected chi connectivity index (χ1v) is 5.61. The van der Waals surface area contributed by atoms with Crippen LogP contribution in [0.25, 0.3) is 0 Å². The third kappa shape index (κ3) is 6.47. The van der Waals surface area contributed by atoms with Gasteiger partial charge in [-0.1, -0.05) is 13.8 Å². The van der Waals surface area contributed by atoms with Gasteiger partial charge in [0.15, 0.2) is 0 Å². The Kier molecular flexibility index (Phi) is 7.34. The van der Waals surface area contributed by atoms with Crippen molar-refractivity contribution in [1.29, 1.82) is 0 Å². The summed E-state index contributed by atoms with van der Waals surface area (Å²) in [7, 11) is 3.88. The molecule has 0 fully saturated rings. The summed E-state index contributed by atoms with van der Waals surface area (Å²) in [5.41, 5.74) is 0. The number of carbonyl (C=O) groups is 1. The average molecular weight is 215 g/mol. The van der Waals surface area contributed by atoms with Crippen molar-refractivity contribution in [2.24, 2.45) is 5.92 Å². The molecule has 1 unspecified atom stereocenters. The van der Waals surface area contributed by atoms with Crippen molar-refractivity contribution in [3.05, 3.63) is 0 Å². The number of nitrogens with zero attached hydrogens (tertiary/aromatic N) is 1. The zero-order valence-electron chi connectivity index (χ0n) is 10.6. The molecule has 90 valence electrons. The molecule has 0 spiro atoms. The molecule has 0 heterocycles. The van der Waals surface area contributed by atoms with E-state index < -0.39 is 0 Å². The number of carbonyl (C=O) groups excluding carboxylic acids is 1. The van der Waals surface area contributed by atoms with E-state index in [0.29, 0.717) is 5.92 Å². The first-order chi connectivity index (χ1) is 6.99. The summed E-state index contributed by atoms with van der Waals surface area (Å²) in [6.07, 6.45) is 0. The summed E-state index contributed by atoms with van der Waals surface area (Å²) in [5, 5.41) is 6.01. The maximum absolute atomic E-state index is 11.7. The van der Waals surface area contributed by atoms with Crippen molar-refractivity contribution in [3.63, 3.8) is 0 Å². The summed E-state index contributed by atoms with van der Waals surface area (Å²) in [6, 6.07) is -0.0582. The van der Waals surface area contributed by atoms with Gasteiger partial charge >= 0.3 is 0 Å². The zero-order chi connectivity index (χ0) is 11.8. The van der Waals surface area contributed by atoms with E-state index in [-0.39, 0.29) is 11.9 Å². The van der Waals surface area contributed by atoms with Crippen LogP contribution in [0.4, 0.5) is 0 Å². The van der Waals surface area contributed by atoms with Gasteiger partial charge in [-0.05, 0) is 26.9 Å². The largest absolute Gasteiger partial charge is 0.354 e. The van der Waals surface area contributed by atoms with E-state index >= 15 is 0 Å². The molecule has 1 amide bonds. The van der Waals surface area contributed by atoms with Crippen LogP contribution < -0.4 is 10.6 Å². The van der Waals surface area contributed by atoms with Crippen molar-refractivity contribution < 1.29 is 4.79 Å². The van der Waals surface area contributed by atoms with Gasteiger partial charge in [-0.2, -0.15) is 0 Å². The molecule has 0 aliphatic carbocycles. The maximum Gasteiger partial charge on any atom is 0.237 e. The number of likely N-dealkylation sites (N-methyl/N-ethyl adjacent to an activating group) is 2. The smallest absolute Gasteiger partial charge is 0.237 e. The lowest BCUT2D eigenvalue weighted by Crippen LogP contribution is -2.45. The summed E-state index contributed by atoms with van der Waals surface area (Å²) in [4.78, 5) is 13.7. The lowest BCUT2D eigenvalue weighted by atomic mass is 10.2. The van der Waals surface area contributed by atoms with Crippen molar-refractivity contribution in [3.8, 4) is 0 Å². The molecular weight excluding hydrogens is 190 g/mol. The van der Waals surface area contributed by atoms with Crippen molar-refractivity contribution in [2.75, 3.05) is 33.7 Å². The molecule has 15 heavy (non-hydrogen) atoms. The first kappa shape index (κ1) is 14.4. The number of hydrogen-bond acceptors (Lipinski definition) is 3. The van der Waals surface area contributed by atoms with Gasteiger partial charge in [0.1, 0.15) is 0 Å². The quantitative estimate of drug-likeness (QED) is 0.642. The van der Waals surface area contributed by atoms with Gasteiger partial charge in [0, 0.05) is 19.6 Å². The molecule has 1 atom stereocenters. The second-order valence-corrected chi connectivity index (χ2v) is 4.40. The predicted molar refractivity (Wildman–Crippen MR) is 63.9 cm³/mol. The summed E-state index contributed by atoms with van der Waals surface area (Å²) in [6.45, 7) is 8.66. The van der Waals surface area contributed by atoms with E-state index in [4.69, 9.17) is 0 Å². The van der Waals surface area contributed by atoms with Crippen LogP contribution in [0.5, 0.6) is 0 Å². The fourth-order valence-corrected chi connectivity index (χ4v) is 1.13. The minimum atomic E-state index is -0.0582. The average Bonchev–Trinajstić information content (AvgIpc) is 2.21. The molecule has 0 aromatic rings. The Morgan fingerprint density at radius 1 is 1.33 bits per heavy atom. The van der Waals surface area contributed by atoms with E-state index in [2.05, 4.69) is 24.5 Å². The molecule has 0 bridgehead atoms. The Morgan fingerprint density at radius 3 is 2.40 bits per heavy atom. The normalized spacial score (nSPS) is 13.3. The summed E-state index contributed by atoms with van der Waals surface area (Å²) >= 11 is 0. The molecule has 0 aromatic carbocycles. The molecule has 0 aliphatic rings. The third-order valence-corrected chi connectivity index (χ3v) is 2.44. The number of amides is 1. The van der Waals surface area contributed by atoms with Gasteiger partial charge in [0.05, 0.1) is 6.04 Å². The molecule has 4 nitrogen and oxygen atoms in total. The van der Waals surface area contributed by atoms with Crippen LogP contribution in [-0.4, -0.2) is 50.6 Å². The second kappa shape index (κ2) is 7.65. The molecule has 0 saturated heterocycles. The van der Waals surface area contributed by atoms with Gasteiger partial charge in [-0.25, -0.2) is 0 Å². The number of nitrogens with one attached hydrogen (secondary N) is 2. The SMILES string of the molecule is CNCCN(C)C(C)C(=O)NCC(C)C. The Balaban J connectivity index is 3.85. The van der Waals surface area contributed by atoms with Crippen LogP contribution in [0, 0.1) is 5.92 Å². The van der Waals surface area contributed by atoms with Gasteiger partial charge in [0.2, 0.25) is 5.91 Å². The minimum Gasteiger partial charge on any atom is -0.354 e. The molecule has 0 rings (SSSR count). The monoisotopic (exact) mass is 215 g/mol. The molecule has 0 aliphatic heterocycles. The fourth-order valence-electron chi connectivity index (χ4n) is 1.13. The first-order valence-electron chi connectivity index (χ1n) is 5.61. The summed E-state index contributed by atoms with van der Waals surface area (Å²) < 4.78 is 0. The van der Waals surface area contributed by atoms with Gasteiger partial charge in [-0.3, -0.25) is 9.69 Å². The number of hydrogen-bond donors (Lipinski definition) is 2. The highest BCUT2D eigenvalue weighted by Crippen LogP contribution is 1.95. The lowest BCUT2D eigenvalue weighted by molar-refractivity contribution is -0.125. The van der Waals surface area contributed by atoms with E-state index in [0.717, 1.165) is 19.6 Å². The predicted octanol–water partition coefficient (Wildman–Crippen LogP) is 0.298. The highest BCUT2D eigenvalue weighted by atomic mass is 16.2. The number of rotatable bonds is 7. The third-order valence-electron chi connectivity index (χ3n) is 2.44. The van der Waals surface area contributed by atoms with Gasteiger partial charge in [-0.15, -0.1) is 0 Å². The van der Waals surface area contributed by atoms with Gasteiger partial charge in [0.25, 0.3) is 0 Å². The molecule has 2 N–H and O–H groups in total. The van der Waals surface area contributed by atoms with E-state index in [9.17, 15) is 4.79 Å². The standard InChI is InChI=1S/C11H25N3O/c1-9(2)8-13-11(15)10(3)14(5)7-6-12-4/h9-10,12H,6-8H2,1-5H3,(H,13,15). The Bertz CT molecular complexity index is 183. The van der Waals surface area contributed by atoms with Crippen LogP contribution in [-0.2, 0) is 4.79 Å². The van der Waals surface area contributed by atoms with E-state index in [1.807, 2.05) is 25.9 Å². The van der Waals surface area contributed by atoms with Crippen LogP contribution in [0.1, 0.15) is 20.8 Å². The molecule has 0 radical (unpaired) electrons. The van der Waals surface area contributed by atoms with Crippen molar-refractivity contribution >= 4 is 5.91 Å². The minimum absolute atomic E-state index is 0.0582. The fraction of sp³-hybridized carbons (Fsp3) is 0.909. The zero-order valence-corrected chi connectivity index (χ0v) is 10.6. The Morgan fingerprint density at radius 2 is 1.93 bits per heavy atom.